The van der Waals surface area contributed by atoms with Crippen molar-refractivity contribution >= 4 is 29.9 Å². The van der Waals surface area contributed by atoms with Gasteiger partial charge in [0.2, 0.25) is 5.75 Å². The van der Waals surface area contributed by atoms with Crippen molar-refractivity contribution in [3.05, 3.63) is 17.7 Å². The smallest absolute Gasteiger partial charge is 0.203 e. The van der Waals surface area contributed by atoms with Gasteiger partial charge in [-0.2, -0.15) is 0 Å². The molecule has 0 aliphatic carbocycles. The Morgan fingerprint density at radius 3 is 2.37 bits per heavy atom. The molecule has 0 amide bonds. The van der Waals surface area contributed by atoms with Crippen molar-refractivity contribution in [1.29, 1.82) is 0 Å². The van der Waals surface area contributed by atoms with Gasteiger partial charge in [-0.1, -0.05) is 0 Å². The van der Waals surface area contributed by atoms with E-state index in [1.807, 2.05) is 12.1 Å². The van der Waals surface area contributed by atoms with Gasteiger partial charge in [0.1, 0.15) is 6.10 Å². The fourth-order valence-electron chi connectivity index (χ4n) is 3.81. The van der Waals surface area contributed by atoms with Crippen molar-refractivity contribution in [3.63, 3.8) is 0 Å². The maximum Gasteiger partial charge on any atom is 0.203 e. The van der Waals surface area contributed by atoms with Crippen LogP contribution in [0.4, 0.5) is 0 Å². The van der Waals surface area contributed by atoms with Crippen LogP contribution < -0.4 is 19.5 Å². The number of ether oxygens (including phenoxy) is 5. The number of methoxy groups -OCH3 is 3. The van der Waals surface area contributed by atoms with Gasteiger partial charge in [0, 0.05) is 26.2 Å². The van der Waals surface area contributed by atoms with Crippen LogP contribution in [0.25, 0.3) is 0 Å². The number of rotatable bonds is 7. The molecule has 0 bridgehead atoms. The minimum absolute atomic E-state index is 0. The molecule has 1 N–H and O–H groups in total. The van der Waals surface area contributed by atoms with E-state index in [0.717, 1.165) is 50.6 Å². The third kappa shape index (κ3) is 6.04. The van der Waals surface area contributed by atoms with Crippen LogP contribution in [0.2, 0.25) is 0 Å². The fourth-order valence-corrected chi connectivity index (χ4v) is 3.81. The van der Waals surface area contributed by atoms with Gasteiger partial charge in [0.15, 0.2) is 17.5 Å². The van der Waals surface area contributed by atoms with E-state index in [2.05, 4.69) is 17.1 Å². The highest BCUT2D eigenvalue weighted by atomic mass is 127. The molecule has 1 aromatic rings. The number of benzene rings is 1. The topological polar surface area (TPSA) is 73.8 Å². The molecule has 0 radical (unpaired) electrons. The van der Waals surface area contributed by atoms with E-state index in [1.165, 1.54) is 0 Å². The van der Waals surface area contributed by atoms with Crippen LogP contribution in [-0.2, 0) is 16.0 Å². The Kier molecular flexibility index (Phi) is 10.3. The molecule has 2 fully saturated rings. The number of hydrogen-bond acceptors (Lipinski definition) is 6. The average molecular weight is 535 g/mol. The van der Waals surface area contributed by atoms with Gasteiger partial charge in [-0.05, 0) is 37.5 Å². The lowest BCUT2D eigenvalue weighted by atomic mass is 10.1. The number of nitrogens with zero attached hydrogens (tertiary/aromatic N) is 2. The Hall–Kier alpha value is -1.46. The standard InChI is InChI=1S/C21H33N3O5.HI/c1-5-22-21(24-8-10-29-19(14-24)16-7-6-9-28-16)23-13-15-11-17(25-2)20(27-4)18(12-15)26-3;/h11-12,16,19H,5-10,13-14H2,1-4H3,(H,22,23);1H. The van der Waals surface area contributed by atoms with Gasteiger partial charge < -0.3 is 33.9 Å². The highest BCUT2D eigenvalue weighted by Crippen LogP contribution is 2.38. The number of nitrogens with one attached hydrogen (secondary N) is 1. The molecule has 1 aromatic carbocycles. The molecule has 2 atom stereocenters. The van der Waals surface area contributed by atoms with Crippen LogP contribution in [0, 0.1) is 0 Å². The maximum atomic E-state index is 5.97. The minimum atomic E-state index is 0. The molecule has 3 rings (SSSR count). The van der Waals surface area contributed by atoms with E-state index in [-0.39, 0.29) is 36.2 Å². The van der Waals surface area contributed by atoms with Gasteiger partial charge in [-0.15, -0.1) is 24.0 Å². The summed E-state index contributed by atoms with van der Waals surface area (Å²) in [5.74, 6) is 2.73. The largest absolute Gasteiger partial charge is 0.493 e. The molecular weight excluding hydrogens is 501 g/mol. The molecule has 8 nitrogen and oxygen atoms in total. The van der Waals surface area contributed by atoms with Gasteiger partial charge in [-0.25, -0.2) is 4.99 Å². The van der Waals surface area contributed by atoms with Crippen LogP contribution in [0.5, 0.6) is 17.2 Å². The second-order valence-electron chi connectivity index (χ2n) is 7.11. The molecule has 2 saturated heterocycles. The molecule has 2 unspecified atom stereocenters. The summed E-state index contributed by atoms with van der Waals surface area (Å²) in [6.07, 6.45) is 2.46. The zero-order valence-corrected chi connectivity index (χ0v) is 20.6. The van der Waals surface area contributed by atoms with Crippen molar-refractivity contribution in [2.75, 3.05) is 54.2 Å². The van der Waals surface area contributed by atoms with Crippen molar-refractivity contribution in [1.82, 2.24) is 10.2 Å². The van der Waals surface area contributed by atoms with E-state index in [1.54, 1.807) is 21.3 Å². The Bertz CT molecular complexity index is 672. The summed E-state index contributed by atoms with van der Waals surface area (Å²) < 4.78 is 28.1. The normalized spacial score (nSPS) is 21.7. The van der Waals surface area contributed by atoms with Gasteiger partial charge >= 0.3 is 0 Å². The zero-order valence-electron chi connectivity index (χ0n) is 18.3. The highest BCUT2D eigenvalue weighted by molar-refractivity contribution is 14.0. The summed E-state index contributed by atoms with van der Waals surface area (Å²) in [7, 11) is 4.84. The summed E-state index contributed by atoms with van der Waals surface area (Å²) in [5.41, 5.74) is 0.985. The lowest BCUT2D eigenvalue weighted by Gasteiger charge is -2.37. The van der Waals surface area contributed by atoms with Gasteiger partial charge in [0.25, 0.3) is 0 Å². The van der Waals surface area contributed by atoms with E-state index in [9.17, 15) is 0 Å². The molecule has 2 aliphatic heterocycles. The molecule has 9 heteroatoms. The number of guanidine groups is 1. The lowest BCUT2D eigenvalue weighted by molar-refractivity contribution is -0.0817. The quantitative estimate of drug-likeness (QED) is 0.327. The van der Waals surface area contributed by atoms with Crippen LogP contribution in [0.1, 0.15) is 25.3 Å². The first-order valence-corrected chi connectivity index (χ1v) is 10.3. The fraction of sp³-hybridized carbons (Fsp3) is 0.667. The van der Waals surface area contributed by atoms with Crippen LogP contribution in [-0.4, -0.2) is 77.2 Å². The molecule has 170 valence electrons. The molecule has 0 saturated carbocycles. The van der Waals surface area contributed by atoms with E-state index >= 15 is 0 Å². The third-order valence-electron chi connectivity index (χ3n) is 5.24. The summed E-state index contributed by atoms with van der Waals surface area (Å²) in [6, 6.07) is 3.87. The molecule has 2 heterocycles. The van der Waals surface area contributed by atoms with Crippen LogP contribution >= 0.6 is 24.0 Å². The summed E-state index contributed by atoms with van der Waals surface area (Å²) in [5, 5.41) is 3.41. The van der Waals surface area contributed by atoms with Crippen molar-refractivity contribution in [2.24, 2.45) is 4.99 Å². The van der Waals surface area contributed by atoms with E-state index < -0.39 is 0 Å². The molecule has 0 spiro atoms. The average Bonchev–Trinajstić information content (AvgIpc) is 3.31. The highest BCUT2D eigenvalue weighted by Gasteiger charge is 2.32. The lowest BCUT2D eigenvalue weighted by Crippen LogP contribution is -2.53. The minimum Gasteiger partial charge on any atom is -0.493 e. The Labute approximate surface area is 196 Å². The summed E-state index contributed by atoms with van der Waals surface area (Å²) in [6.45, 7) is 6.49. The monoisotopic (exact) mass is 535 g/mol. The first-order valence-electron chi connectivity index (χ1n) is 10.3. The number of aliphatic imine (C=N–C) groups is 1. The predicted molar refractivity (Wildman–Crippen MR) is 127 cm³/mol. The second kappa shape index (κ2) is 12.4. The van der Waals surface area contributed by atoms with Gasteiger partial charge in [0.05, 0.1) is 40.6 Å². The summed E-state index contributed by atoms with van der Waals surface area (Å²) >= 11 is 0. The second-order valence-corrected chi connectivity index (χ2v) is 7.11. The van der Waals surface area contributed by atoms with Crippen LogP contribution in [0.15, 0.2) is 17.1 Å². The third-order valence-corrected chi connectivity index (χ3v) is 5.24. The van der Waals surface area contributed by atoms with E-state index in [0.29, 0.717) is 30.4 Å². The first kappa shape index (κ1) is 24.8. The van der Waals surface area contributed by atoms with Crippen molar-refractivity contribution < 1.29 is 23.7 Å². The molecule has 30 heavy (non-hydrogen) atoms. The number of hydrogen-bond donors (Lipinski definition) is 1. The van der Waals surface area contributed by atoms with Crippen LogP contribution in [0.3, 0.4) is 0 Å². The van der Waals surface area contributed by atoms with Crippen molar-refractivity contribution in [2.45, 2.75) is 38.5 Å². The number of morpholine rings is 1. The number of halogens is 1. The first-order chi connectivity index (χ1) is 14.2. The maximum absolute atomic E-state index is 5.97. The molecule has 0 aromatic heterocycles. The Morgan fingerprint density at radius 2 is 1.80 bits per heavy atom. The SMILES string of the molecule is CCNC(=NCc1cc(OC)c(OC)c(OC)c1)N1CCOC(C2CCCO2)C1.I. The van der Waals surface area contributed by atoms with Gasteiger partial charge in [-0.3, -0.25) is 0 Å². The Balaban J connectivity index is 0.00000320. The molecule has 2 aliphatic rings. The summed E-state index contributed by atoms with van der Waals surface area (Å²) in [4.78, 5) is 7.12. The Morgan fingerprint density at radius 1 is 1.10 bits per heavy atom. The zero-order chi connectivity index (χ0) is 20.6. The molecular formula is C21H34IN3O5. The van der Waals surface area contributed by atoms with E-state index in [4.69, 9.17) is 28.7 Å². The predicted octanol–water partition coefficient (Wildman–Crippen LogP) is 2.68. The van der Waals surface area contributed by atoms with Crippen molar-refractivity contribution in [3.8, 4) is 17.2 Å².